The van der Waals surface area contributed by atoms with Crippen molar-refractivity contribution in [3.05, 3.63) is 29.2 Å². The molecule has 0 saturated heterocycles. The fourth-order valence-electron chi connectivity index (χ4n) is 2.27. The lowest BCUT2D eigenvalue weighted by Gasteiger charge is -2.08. The Bertz CT molecular complexity index is 825. The number of halogens is 1. The van der Waals surface area contributed by atoms with Crippen LogP contribution >= 0.6 is 11.6 Å². The van der Waals surface area contributed by atoms with Gasteiger partial charge < -0.3 is 20.1 Å². The van der Waals surface area contributed by atoms with Crippen molar-refractivity contribution in [1.82, 2.24) is 14.5 Å². The number of nitrogens with two attached hydrogens (primary N) is 1. The Morgan fingerprint density at radius 3 is 2.73 bits per heavy atom. The Kier molecular flexibility index (Phi) is 6.70. The molecule has 0 fully saturated rings. The summed E-state index contributed by atoms with van der Waals surface area (Å²) in [6.45, 7) is 5.85. The van der Waals surface area contributed by atoms with Crippen molar-refractivity contribution in [2.75, 3.05) is 13.7 Å². The monoisotopic (exact) mass is 378 g/mol. The number of ether oxygens (including phenoxy) is 1. The molecule has 0 amide bonds. The van der Waals surface area contributed by atoms with E-state index >= 15 is 0 Å². The molecule has 2 aromatic rings. The van der Waals surface area contributed by atoms with Crippen molar-refractivity contribution in [3.63, 3.8) is 0 Å². The highest BCUT2D eigenvalue weighted by Crippen LogP contribution is 2.29. The van der Waals surface area contributed by atoms with Gasteiger partial charge >= 0.3 is 0 Å². The molecule has 0 aliphatic carbocycles. The summed E-state index contributed by atoms with van der Waals surface area (Å²) in [5.41, 5.74) is 6.88. The fraction of sp³-hybridized carbons (Fsp3) is 0.412. The van der Waals surface area contributed by atoms with E-state index in [2.05, 4.69) is 20.0 Å². The van der Waals surface area contributed by atoms with Gasteiger partial charge in [0.15, 0.2) is 5.84 Å². The maximum atomic E-state index is 9.39. The highest BCUT2D eigenvalue weighted by Gasteiger charge is 2.17. The van der Waals surface area contributed by atoms with Crippen LogP contribution in [0.15, 0.2) is 28.4 Å². The van der Waals surface area contributed by atoms with Gasteiger partial charge in [-0.1, -0.05) is 11.6 Å². The molecule has 0 saturated carbocycles. The largest absolute Gasteiger partial charge is 0.481 e. The molecule has 0 aromatic carbocycles. The summed E-state index contributed by atoms with van der Waals surface area (Å²) in [5, 5.41) is 9.83. The number of hydrogen-bond acceptors (Lipinski definition) is 5. The van der Waals surface area contributed by atoms with Crippen LogP contribution in [0, 0.1) is 0 Å². The molecule has 9 heteroatoms. The van der Waals surface area contributed by atoms with Gasteiger partial charge in [0.1, 0.15) is 11.5 Å². The molecule has 26 heavy (non-hydrogen) atoms. The first-order valence-corrected chi connectivity index (χ1v) is 8.50. The van der Waals surface area contributed by atoms with Crippen molar-refractivity contribution < 1.29 is 9.84 Å². The van der Waals surface area contributed by atoms with E-state index in [-0.39, 0.29) is 12.6 Å². The quantitative estimate of drug-likeness (QED) is 0.590. The molecule has 0 unspecified atom stereocenters. The van der Waals surface area contributed by atoms with Crippen LogP contribution in [0.5, 0.6) is 5.88 Å². The molecule has 140 valence electrons. The first-order chi connectivity index (χ1) is 12.3. The SMILES string of the molecule is COc1cc(Cl)c(-c2nc(C(N=C(C)N)=NC(C)C)cn2CCO)cn1. The standard InChI is InChI=1S/C17H23ClN6O2/c1-10(2)21-16(22-11(3)19)14-9-24(5-6-25)17(23-14)12-8-20-15(26-4)7-13(12)18/h7-10,25H,5-6H2,1-4H3,(H2,19,21,22). The highest BCUT2D eigenvalue weighted by molar-refractivity contribution is 6.33. The second-order valence-corrected chi connectivity index (χ2v) is 6.28. The van der Waals surface area contributed by atoms with Crippen molar-refractivity contribution in [1.29, 1.82) is 0 Å². The first-order valence-electron chi connectivity index (χ1n) is 8.12. The summed E-state index contributed by atoms with van der Waals surface area (Å²) in [6, 6.07) is 1.63. The van der Waals surface area contributed by atoms with Crippen LogP contribution in [0.4, 0.5) is 0 Å². The third-order valence-electron chi connectivity index (χ3n) is 3.29. The molecule has 3 N–H and O–H groups in total. The number of rotatable bonds is 6. The van der Waals surface area contributed by atoms with Crippen LogP contribution in [0.25, 0.3) is 11.4 Å². The average molecular weight is 379 g/mol. The Hall–Kier alpha value is -2.45. The zero-order chi connectivity index (χ0) is 19.3. The first kappa shape index (κ1) is 19.9. The molecule has 0 aliphatic heterocycles. The molecule has 0 spiro atoms. The van der Waals surface area contributed by atoms with Gasteiger partial charge in [-0.2, -0.15) is 0 Å². The number of aliphatic imine (C=N–C) groups is 2. The van der Waals surface area contributed by atoms with Crippen LogP contribution in [-0.4, -0.2) is 51.1 Å². The van der Waals surface area contributed by atoms with Crippen LogP contribution in [0.1, 0.15) is 26.5 Å². The number of amidine groups is 2. The van der Waals surface area contributed by atoms with E-state index in [0.29, 0.717) is 46.2 Å². The predicted octanol–water partition coefficient (Wildman–Crippen LogP) is 2.13. The molecule has 0 aliphatic rings. The Balaban J connectivity index is 2.59. The van der Waals surface area contributed by atoms with Crippen molar-refractivity contribution in [3.8, 4) is 17.3 Å². The third-order valence-corrected chi connectivity index (χ3v) is 3.60. The topological polar surface area (TPSA) is 111 Å². The van der Waals surface area contributed by atoms with E-state index in [1.807, 2.05) is 13.8 Å². The zero-order valence-corrected chi connectivity index (χ0v) is 16.0. The molecule has 2 aromatic heterocycles. The van der Waals surface area contributed by atoms with Crippen LogP contribution in [-0.2, 0) is 6.54 Å². The Morgan fingerprint density at radius 2 is 2.19 bits per heavy atom. The lowest BCUT2D eigenvalue weighted by Crippen LogP contribution is -2.12. The number of imidazole rings is 1. The Labute approximate surface area is 157 Å². The summed E-state index contributed by atoms with van der Waals surface area (Å²) < 4.78 is 6.86. The number of nitrogens with zero attached hydrogens (tertiary/aromatic N) is 5. The molecular formula is C17H23ClN6O2. The van der Waals surface area contributed by atoms with Gasteiger partial charge in [0.2, 0.25) is 5.88 Å². The van der Waals surface area contributed by atoms with Crippen LogP contribution < -0.4 is 10.5 Å². The van der Waals surface area contributed by atoms with Crippen LogP contribution in [0.2, 0.25) is 5.02 Å². The molecular weight excluding hydrogens is 356 g/mol. The molecule has 0 atom stereocenters. The van der Waals surface area contributed by atoms with Gasteiger partial charge in [-0.15, -0.1) is 0 Å². The summed E-state index contributed by atoms with van der Waals surface area (Å²) in [5.74, 6) is 1.77. The second kappa shape index (κ2) is 8.77. The molecule has 0 bridgehead atoms. The van der Waals surface area contributed by atoms with Gasteiger partial charge in [-0.3, -0.25) is 4.99 Å². The van der Waals surface area contributed by atoms with E-state index in [1.54, 1.807) is 30.0 Å². The van der Waals surface area contributed by atoms with E-state index in [0.717, 1.165) is 0 Å². The number of pyridine rings is 1. The summed E-state index contributed by atoms with van der Waals surface area (Å²) in [6.07, 6.45) is 3.34. The summed E-state index contributed by atoms with van der Waals surface area (Å²) in [7, 11) is 1.52. The number of hydrogen-bond donors (Lipinski definition) is 2. The predicted molar refractivity (Wildman–Crippen MR) is 103 cm³/mol. The minimum atomic E-state index is -0.0557. The summed E-state index contributed by atoms with van der Waals surface area (Å²) >= 11 is 6.36. The molecule has 8 nitrogen and oxygen atoms in total. The molecule has 0 radical (unpaired) electrons. The molecule has 2 rings (SSSR count). The normalized spacial score (nSPS) is 12.7. The van der Waals surface area contributed by atoms with Gasteiger partial charge in [0, 0.05) is 31.0 Å². The minimum Gasteiger partial charge on any atom is -0.481 e. The highest BCUT2D eigenvalue weighted by atomic mass is 35.5. The van der Waals surface area contributed by atoms with Crippen LogP contribution in [0.3, 0.4) is 0 Å². The maximum Gasteiger partial charge on any atom is 0.214 e. The third kappa shape index (κ3) is 4.80. The lowest BCUT2D eigenvalue weighted by atomic mass is 10.2. The number of aliphatic hydroxyl groups excluding tert-OH is 1. The second-order valence-electron chi connectivity index (χ2n) is 5.87. The Morgan fingerprint density at radius 1 is 1.46 bits per heavy atom. The van der Waals surface area contributed by atoms with E-state index in [1.165, 1.54) is 7.11 Å². The smallest absolute Gasteiger partial charge is 0.214 e. The van der Waals surface area contributed by atoms with E-state index < -0.39 is 0 Å². The number of aromatic nitrogens is 3. The fourth-order valence-corrected chi connectivity index (χ4v) is 2.50. The van der Waals surface area contributed by atoms with Crippen molar-refractivity contribution >= 4 is 23.3 Å². The number of methoxy groups -OCH3 is 1. The van der Waals surface area contributed by atoms with E-state index in [9.17, 15) is 5.11 Å². The van der Waals surface area contributed by atoms with Gasteiger partial charge in [-0.25, -0.2) is 15.0 Å². The van der Waals surface area contributed by atoms with Gasteiger partial charge in [0.25, 0.3) is 0 Å². The maximum absolute atomic E-state index is 9.39. The molecule has 2 heterocycles. The van der Waals surface area contributed by atoms with Gasteiger partial charge in [0.05, 0.1) is 30.1 Å². The lowest BCUT2D eigenvalue weighted by molar-refractivity contribution is 0.276. The average Bonchev–Trinajstić information content (AvgIpc) is 2.97. The number of aliphatic hydroxyl groups is 1. The van der Waals surface area contributed by atoms with Crippen molar-refractivity contribution in [2.45, 2.75) is 33.4 Å². The minimum absolute atomic E-state index is 0.0192. The summed E-state index contributed by atoms with van der Waals surface area (Å²) in [4.78, 5) is 17.6. The zero-order valence-electron chi connectivity index (χ0n) is 15.3. The van der Waals surface area contributed by atoms with Crippen molar-refractivity contribution in [2.24, 2.45) is 15.7 Å². The van der Waals surface area contributed by atoms with E-state index in [4.69, 9.17) is 22.1 Å². The van der Waals surface area contributed by atoms with Gasteiger partial charge in [-0.05, 0) is 20.8 Å².